The number of nitrogens with one attached hydrogen (secondary N) is 1. The summed E-state index contributed by atoms with van der Waals surface area (Å²) in [4.78, 5) is 4.31. The van der Waals surface area contributed by atoms with Gasteiger partial charge in [-0.05, 0) is 31.5 Å². The molecule has 90 valence electrons. The SMILES string of the molecule is CC(N[C@@H](C)c1cccc(Cl)c1)c1cscn1. The van der Waals surface area contributed by atoms with E-state index in [0.717, 1.165) is 10.7 Å². The summed E-state index contributed by atoms with van der Waals surface area (Å²) >= 11 is 7.61. The van der Waals surface area contributed by atoms with E-state index in [9.17, 15) is 0 Å². The van der Waals surface area contributed by atoms with Crippen LogP contribution in [-0.2, 0) is 0 Å². The van der Waals surface area contributed by atoms with E-state index in [-0.39, 0.29) is 12.1 Å². The van der Waals surface area contributed by atoms with Gasteiger partial charge in [0.15, 0.2) is 0 Å². The predicted octanol–water partition coefficient (Wildman–Crippen LogP) is 4.21. The van der Waals surface area contributed by atoms with Crippen LogP contribution in [0.4, 0.5) is 0 Å². The Morgan fingerprint density at radius 3 is 2.76 bits per heavy atom. The van der Waals surface area contributed by atoms with Crippen LogP contribution in [0.2, 0.25) is 5.02 Å². The average Bonchev–Trinajstić information content (AvgIpc) is 2.82. The molecular weight excluding hydrogens is 252 g/mol. The van der Waals surface area contributed by atoms with E-state index in [1.165, 1.54) is 5.56 Å². The number of halogens is 1. The maximum absolute atomic E-state index is 5.99. The highest BCUT2D eigenvalue weighted by Gasteiger charge is 2.12. The van der Waals surface area contributed by atoms with Gasteiger partial charge >= 0.3 is 0 Å². The minimum absolute atomic E-state index is 0.246. The third-order valence-corrected chi connectivity index (χ3v) is 3.58. The van der Waals surface area contributed by atoms with Gasteiger partial charge in [0.2, 0.25) is 0 Å². The minimum Gasteiger partial charge on any atom is -0.302 e. The minimum atomic E-state index is 0.246. The number of rotatable bonds is 4. The molecule has 0 aliphatic carbocycles. The van der Waals surface area contributed by atoms with Gasteiger partial charge in [-0.2, -0.15) is 0 Å². The molecule has 2 atom stereocenters. The van der Waals surface area contributed by atoms with Gasteiger partial charge in [0, 0.05) is 22.5 Å². The Bertz CT molecular complexity index is 470. The fourth-order valence-electron chi connectivity index (χ4n) is 1.77. The van der Waals surface area contributed by atoms with E-state index in [1.54, 1.807) is 11.3 Å². The van der Waals surface area contributed by atoms with Crippen LogP contribution in [0.1, 0.15) is 37.2 Å². The van der Waals surface area contributed by atoms with Crippen molar-refractivity contribution in [2.45, 2.75) is 25.9 Å². The summed E-state index contributed by atoms with van der Waals surface area (Å²) in [7, 11) is 0. The first kappa shape index (κ1) is 12.6. The Morgan fingerprint density at radius 1 is 1.29 bits per heavy atom. The van der Waals surface area contributed by atoms with Crippen molar-refractivity contribution in [2.24, 2.45) is 0 Å². The van der Waals surface area contributed by atoms with Crippen LogP contribution in [0.5, 0.6) is 0 Å². The summed E-state index contributed by atoms with van der Waals surface area (Å²) in [5.41, 5.74) is 4.14. The fraction of sp³-hybridized carbons (Fsp3) is 0.308. The highest BCUT2D eigenvalue weighted by atomic mass is 35.5. The number of hydrogen-bond donors (Lipinski definition) is 1. The zero-order valence-electron chi connectivity index (χ0n) is 9.85. The van der Waals surface area contributed by atoms with Crippen molar-refractivity contribution in [3.05, 3.63) is 51.4 Å². The molecule has 0 fully saturated rings. The van der Waals surface area contributed by atoms with E-state index in [4.69, 9.17) is 11.6 Å². The van der Waals surface area contributed by atoms with Crippen molar-refractivity contribution in [3.8, 4) is 0 Å². The zero-order chi connectivity index (χ0) is 12.3. The smallest absolute Gasteiger partial charge is 0.0795 e. The summed E-state index contributed by atoms with van der Waals surface area (Å²) in [5, 5.41) is 6.36. The molecular formula is C13H15ClN2S. The quantitative estimate of drug-likeness (QED) is 0.897. The number of benzene rings is 1. The third-order valence-electron chi connectivity index (χ3n) is 2.74. The van der Waals surface area contributed by atoms with E-state index < -0.39 is 0 Å². The van der Waals surface area contributed by atoms with E-state index in [0.29, 0.717) is 0 Å². The maximum atomic E-state index is 5.99. The third kappa shape index (κ3) is 3.28. The molecule has 1 N–H and O–H groups in total. The van der Waals surface area contributed by atoms with E-state index in [1.807, 2.05) is 23.7 Å². The number of hydrogen-bond acceptors (Lipinski definition) is 3. The molecule has 0 saturated heterocycles. The van der Waals surface area contributed by atoms with Crippen LogP contribution < -0.4 is 5.32 Å². The molecule has 1 heterocycles. The van der Waals surface area contributed by atoms with Crippen LogP contribution in [0, 0.1) is 0 Å². The Labute approximate surface area is 111 Å². The van der Waals surface area contributed by atoms with Gasteiger partial charge in [-0.3, -0.25) is 0 Å². The normalized spacial score (nSPS) is 14.5. The van der Waals surface area contributed by atoms with Crippen molar-refractivity contribution in [1.82, 2.24) is 10.3 Å². The lowest BCUT2D eigenvalue weighted by atomic mass is 10.1. The first-order valence-electron chi connectivity index (χ1n) is 5.56. The topological polar surface area (TPSA) is 24.9 Å². The Kier molecular flexibility index (Phi) is 4.15. The van der Waals surface area contributed by atoms with Crippen molar-refractivity contribution in [1.29, 1.82) is 0 Å². The molecule has 2 nitrogen and oxygen atoms in total. The molecule has 0 radical (unpaired) electrons. The van der Waals surface area contributed by atoms with Gasteiger partial charge in [0.05, 0.1) is 11.2 Å². The van der Waals surface area contributed by atoms with E-state index >= 15 is 0 Å². The molecule has 1 aromatic heterocycles. The monoisotopic (exact) mass is 266 g/mol. The van der Waals surface area contributed by atoms with Crippen LogP contribution in [0.25, 0.3) is 0 Å². The highest BCUT2D eigenvalue weighted by molar-refractivity contribution is 7.07. The number of thiazole rings is 1. The molecule has 17 heavy (non-hydrogen) atoms. The fourth-order valence-corrected chi connectivity index (χ4v) is 2.61. The molecule has 4 heteroatoms. The lowest BCUT2D eigenvalue weighted by Gasteiger charge is -2.19. The predicted molar refractivity (Wildman–Crippen MR) is 73.5 cm³/mol. The second kappa shape index (κ2) is 5.63. The van der Waals surface area contributed by atoms with Gasteiger partial charge in [-0.25, -0.2) is 4.98 Å². The van der Waals surface area contributed by atoms with Crippen molar-refractivity contribution in [3.63, 3.8) is 0 Å². The summed E-state index contributed by atoms with van der Waals surface area (Å²) < 4.78 is 0. The van der Waals surface area contributed by atoms with Gasteiger partial charge in [-0.1, -0.05) is 23.7 Å². The molecule has 2 aromatic rings. The first-order chi connectivity index (χ1) is 8.16. The number of aromatic nitrogens is 1. The van der Waals surface area contributed by atoms with Gasteiger partial charge < -0.3 is 5.32 Å². The number of nitrogens with zero attached hydrogens (tertiary/aromatic N) is 1. The molecule has 0 bridgehead atoms. The summed E-state index contributed by atoms with van der Waals surface area (Å²) in [6.45, 7) is 4.25. The molecule has 0 aliphatic heterocycles. The van der Waals surface area contributed by atoms with E-state index in [2.05, 4.69) is 35.6 Å². The molecule has 1 aromatic carbocycles. The second-order valence-electron chi connectivity index (χ2n) is 4.08. The van der Waals surface area contributed by atoms with Gasteiger partial charge in [0.25, 0.3) is 0 Å². The molecule has 0 saturated carbocycles. The van der Waals surface area contributed by atoms with Crippen molar-refractivity contribution in [2.75, 3.05) is 0 Å². The van der Waals surface area contributed by atoms with Gasteiger partial charge in [-0.15, -0.1) is 11.3 Å². The van der Waals surface area contributed by atoms with Crippen molar-refractivity contribution < 1.29 is 0 Å². The van der Waals surface area contributed by atoms with Gasteiger partial charge in [0.1, 0.15) is 0 Å². The Morgan fingerprint density at radius 2 is 2.12 bits per heavy atom. The standard InChI is InChI=1S/C13H15ClN2S/c1-9(11-4-3-5-12(14)6-11)16-10(2)13-7-17-8-15-13/h3-10,16H,1-2H3/t9-,10?/m0/s1. The van der Waals surface area contributed by atoms with Crippen LogP contribution in [0.3, 0.4) is 0 Å². The zero-order valence-corrected chi connectivity index (χ0v) is 11.4. The average molecular weight is 267 g/mol. The summed E-state index contributed by atoms with van der Waals surface area (Å²) in [6.07, 6.45) is 0. The Balaban J connectivity index is 2.04. The first-order valence-corrected chi connectivity index (χ1v) is 6.88. The Hall–Kier alpha value is -0.900. The second-order valence-corrected chi connectivity index (χ2v) is 5.23. The molecule has 0 aliphatic rings. The lowest BCUT2D eigenvalue weighted by Crippen LogP contribution is -2.22. The van der Waals surface area contributed by atoms with Crippen molar-refractivity contribution >= 4 is 22.9 Å². The van der Waals surface area contributed by atoms with Crippen LogP contribution in [-0.4, -0.2) is 4.98 Å². The maximum Gasteiger partial charge on any atom is 0.0795 e. The summed E-state index contributed by atoms with van der Waals surface area (Å²) in [5.74, 6) is 0. The summed E-state index contributed by atoms with van der Waals surface area (Å²) in [6, 6.07) is 8.44. The molecule has 0 amide bonds. The highest BCUT2D eigenvalue weighted by Crippen LogP contribution is 2.21. The largest absolute Gasteiger partial charge is 0.302 e. The van der Waals surface area contributed by atoms with Crippen LogP contribution >= 0.6 is 22.9 Å². The lowest BCUT2D eigenvalue weighted by molar-refractivity contribution is 0.488. The molecule has 0 spiro atoms. The molecule has 2 rings (SSSR count). The molecule has 1 unspecified atom stereocenters. The van der Waals surface area contributed by atoms with Crippen LogP contribution in [0.15, 0.2) is 35.2 Å².